The second-order valence-electron chi connectivity index (χ2n) is 3.64. The molecule has 0 saturated carbocycles. The molecule has 0 amide bonds. The summed E-state index contributed by atoms with van der Waals surface area (Å²) in [6, 6.07) is 10.6. The minimum absolute atomic E-state index is 0.152. The van der Waals surface area contributed by atoms with Gasteiger partial charge in [-0.3, -0.25) is 4.98 Å². The third-order valence-electron chi connectivity index (χ3n) is 2.40. The van der Waals surface area contributed by atoms with Crippen molar-refractivity contribution in [3.8, 4) is 11.6 Å². The zero-order chi connectivity index (χ0) is 12.4. The normalized spacial score (nSPS) is 10.5. The summed E-state index contributed by atoms with van der Waals surface area (Å²) in [5.41, 5.74) is 0.874. The molecule has 2 heterocycles. The van der Waals surface area contributed by atoms with E-state index < -0.39 is 5.95 Å². The van der Waals surface area contributed by atoms with Crippen LogP contribution in [-0.2, 0) is 0 Å². The minimum Gasteiger partial charge on any atom is -0.437 e. The highest BCUT2D eigenvalue weighted by atomic mass is 19.1. The first kappa shape index (κ1) is 10.6. The molecule has 0 aliphatic rings. The molecule has 0 aliphatic carbocycles. The molecule has 1 aromatic carbocycles. The number of nitrogens with zero attached hydrogens (tertiary/aromatic N) is 3. The van der Waals surface area contributed by atoms with E-state index in [2.05, 4.69) is 15.0 Å². The van der Waals surface area contributed by atoms with Gasteiger partial charge in [0, 0.05) is 5.39 Å². The molecule has 5 heteroatoms. The molecule has 0 unspecified atom stereocenters. The van der Waals surface area contributed by atoms with Crippen LogP contribution < -0.4 is 4.74 Å². The predicted octanol–water partition coefficient (Wildman–Crippen LogP) is 2.96. The van der Waals surface area contributed by atoms with E-state index in [0.29, 0.717) is 5.75 Å². The Morgan fingerprint density at radius 3 is 2.78 bits per heavy atom. The maximum Gasteiger partial charge on any atom is 0.225 e. The molecule has 0 radical (unpaired) electrons. The van der Waals surface area contributed by atoms with Crippen molar-refractivity contribution in [3.63, 3.8) is 0 Å². The number of benzene rings is 1. The molecule has 3 rings (SSSR count). The lowest BCUT2D eigenvalue weighted by molar-refractivity contribution is 0.449. The van der Waals surface area contributed by atoms with E-state index in [4.69, 9.17) is 4.74 Å². The number of para-hydroxylation sites is 1. The number of halogens is 1. The standard InChI is InChI=1S/C13H8FN3O/c14-12-6-13(17-8-16-12)18-10-5-9-3-1-2-4-11(9)15-7-10/h1-8H. The van der Waals surface area contributed by atoms with Gasteiger partial charge in [-0.2, -0.15) is 4.39 Å². The molecule has 0 spiro atoms. The van der Waals surface area contributed by atoms with Crippen molar-refractivity contribution in [3.05, 3.63) is 54.9 Å². The quantitative estimate of drug-likeness (QED) is 0.647. The van der Waals surface area contributed by atoms with Crippen LogP contribution in [0, 0.1) is 5.95 Å². The first-order valence-corrected chi connectivity index (χ1v) is 5.31. The number of hydrogen-bond acceptors (Lipinski definition) is 4. The Balaban J connectivity index is 1.95. The van der Waals surface area contributed by atoms with Crippen LogP contribution in [0.2, 0.25) is 0 Å². The summed E-state index contributed by atoms with van der Waals surface area (Å²) >= 11 is 0. The smallest absolute Gasteiger partial charge is 0.225 e. The summed E-state index contributed by atoms with van der Waals surface area (Å²) in [7, 11) is 0. The summed E-state index contributed by atoms with van der Waals surface area (Å²) < 4.78 is 18.3. The van der Waals surface area contributed by atoms with E-state index in [-0.39, 0.29) is 5.88 Å². The van der Waals surface area contributed by atoms with E-state index in [1.165, 1.54) is 0 Å². The van der Waals surface area contributed by atoms with Crippen molar-refractivity contribution in [2.75, 3.05) is 0 Å². The molecule has 0 atom stereocenters. The highest BCUT2D eigenvalue weighted by Gasteiger charge is 2.02. The van der Waals surface area contributed by atoms with Crippen molar-refractivity contribution in [2.45, 2.75) is 0 Å². The maximum atomic E-state index is 12.9. The highest BCUT2D eigenvalue weighted by molar-refractivity contribution is 5.79. The van der Waals surface area contributed by atoms with E-state index in [1.807, 2.05) is 30.3 Å². The molecule has 88 valence electrons. The second kappa shape index (κ2) is 4.37. The number of pyridine rings is 1. The van der Waals surface area contributed by atoms with Crippen LogP contribution in [0.1, 0.15) is 0 Å². The van der Waals surface area contributed by atoms with E-state index in [9.17, 15) is 4.39 Å². The minimum atomic E-state index is -0.631. The molecule has 0 saturated heterocycles. The number of fused-ring (bicyclic) bond motifs is 1. The summed E-state index contributed by atoms with van der Waals surface area (Å²) in [6.45, 7) is 0. The lowest BCUT2D eigenvalue weighted by atomic mass is 10.2. The van der Waals surface area contributed by atoms with Gasteiger partial charge in [0.1, 0.15) is 12.1 Å². The molecule has 18 heavy (non-hydrogen) atoms. The summed E-state index contributed by atoms with van der Waals surface area (Å²) in [4.78, 5) is 11.4. The Bertz CT molecular complexity index is 702. The van der Waals surface area contributed by atoms with E-state index in [1.54, 1.807) is 6.20 Å². The molecule has 2 aromatic heterocycles. The van der Waals surface area contributed by atoms with Crippen LogP contribution in [-0.4, -0.2) is 15.0 Å². The van der Waals surface area contributed by atoms with Crippen molar-refractivity contribution in [1.29, 1.82) is 0 Å². The monoisotopic (exact) mass is 241 g/mol. The molecule has 0 aliphatic heterocycles. The summed E-state index contributed by atoms with van der Waals surface area (Å²) in [6.07, 6.45) is 2.68. The molecule has 4 nitrogen and oxygen atoms in total. The zero-order valence-electron chi connectivity index (χ0n) is 9.25. The van der Waals surface area contributed by atoms with Crippen molar-refractivity contribution < 1.29 is 9.13 Å². The van der Waals surface area contributed by atoms with Gasteiger partial charge < -0.3 is 4.74 Å². The van der Waals surface area contributed by atoms with Gasteiger partial charge in [0.15, 0.2) is 0 Å². The second-order valence-corrected chi connectivity index (χ2v) is 3.64. The van der Waals surface area contributed by atoms with Crippen LogP contribution >= 0.6 is 0 Å². The third kappa shape index (κ3) is 2.10. The third-order valence-corrected chi connectivity index (χ3v) is 2.40. The predicted molar refractivity (Wildman–Crippen MR) is 63.8 cm³/mol. The lowest BCUT2D eigenvalue weighted by Gasteiger charge is -2.04. The van der Waals surface area contributed by atoms with Crippen molar-refractivity contribution in [2.24, 2.45) is 0 Å². The molecular formula is C13H8FN3O. The highest BCUT2D eigenvalue weighted by Crippen LogP contribution is 2.22. The van der Waals surface area contributed by atoms with Crippen molar-refractivity contribution in [1.82, 2.24) is 15.0 Å². The first-order valence-electron chi connectivity index (χ1n) is 5.31. The van der Waals surface area contributed by atoms with Gasteiger partial charge in [-0.05, 0) is 12.1 Å². The van der Waals surface area contributed by atoms with Gasteiger partial charge in [-0.15, -0.1) is 0 Å². The fourth-order valence-corrected chi connectivity index (χ4v) is 1.60. The van der Waals surface area contributed by atoms with E-state index >= 15 is 0 Å². The fraction of sp³-hybridized carbons (Fsp3) is 0. The number of ether oxygens (including phenoxy) is 1. The maximum absolute atomic E-state index is 12.9. The largest absolute Gasteiger partial charge is 0.437 e. The summed E-state index contributed by atoms with van der Waals surface area (Å²) in [5, 5.41) is 0.949. The van der Waals surface area contributed by atoms with Crippen LogP contribution in [0.4, 0.5) is 4.39 Å². The number of hydrogen-bond donors (Lipinski definition) is 0. The Labute approximate surface area is 102 Å². The lowest BCUT2D eigenvalue weighted by Crippen LogP contribution is -1.91. The van der Waals surface area contributed by atoms with Crippen molar-refractivity contribution >= 4 is 10.9 Å². The number of aromatic nitrogens is 3. The fourth-order valence-electron chi connectivity index (χ4n) is 1.60. The van der Waals surface area contributed by atoms with Gasteiger partial charge in [0.25, 0.3) is 0 Å². The Kier molecular flexibility index (Phi) is 2.57. The van der Waals surface area contributed by atoms with Gasteiger partial charge in [-0.1, -0.05) is 18.2 Å². The number of rotatable bonds is 2. The summed E-state index contributed by atoms with van der Waals surface area (Å²) in [5.74, 6) is 0.0279. The van der Waals surface area contributed by atoms with Crippen LogP contribution in [0.3, 0.4) is 0 Å². The molecule has 0 N–H and O–H groups in total. The van der Waals surface area contributed by atoms with Gasteiger partial charge in [0.2, 0.25) is 11.8 Å². The van der Waals surface area contributed by atoms with E-state index in [0.717, 1.165) is 23.3 Å². The average molecular weight is 241 g/mol. The van der Waals surface area contributed by atoms with Crippen LogP contribution in [0.15, 0.2) is 48.9 Å². The van der Waals surface area contributed by atoms with Gasteiger partial charge in [0.05, 0.1) is 17.8 Å². The molecule has 3 aromatic rings. The van der Waals surface area contributed by atoms with Gasteiger partial charge >= 0.3 is 0 Å². The molecule has 0 bridgehead atoms. The molecular weight excluding hydrogens is 233 g/mol. The van der Waals surface area contributed by atoms with Crippen LogP contribution in [0.25, 0.3) is 10.9 Å². The average Bonchev–Trinajstić information content (AvgIpc) is 2.39. The topological polar surface area (TPSA) is 47.9 Å². The Morgan fingerprint density at radius 2 is 1.89 bits per heavy atom. The Morgan fingerprint density at radius 1 is 1.00 bits per heavy atom. The van der Waals surface area contributed by atoms with Crippen LogP contribution in [0.5, 0.6) is 11.6 Å². The zero-order valence-corrected chi connectivity index (χ0v) is 9.25. The Hall–Kier alpha value is -2.56. The van der Waals surface area contributed by atoms with Gasteiger partial charge in [-0.25, -0.2) is 9.97 Å². The molecule has 0 fully saturated rings. The SMILES string of the molecule is Fc1cc(Oc2cnc3ccccc3c2)ncn1. The first-order chi connectivity index (χ1) is 8.81.